The molecule has 16 nitrogen and oxygen atoms in total. The Morgan fingerprint density at radius 1 is 0.934 bits per heavy atom. The van der Waals surface area contributed by atoms with Gasteiger partial charge < -0.3 is 28.9 Å². The van der Waals surface area contributed by atoms with Crippen LogP contribution in [0.2, 0.25) is 0 Å². The standard InChI is InChI=1S/C44H47N9O7S/c54-38-8-7-36(42(55)46-38)53-25-29-19-32(5-6-35(29)43(53)56)51-15-9-28(23-51)22-49-26-44(27-49)11-16-50(17-12-44)31-3-1-4-33(21-31)61(57,58)48-41-39-37(60-47-41)20-30(24-52-14-2-13-45-52)34-10-18-59-40(34)39/h1-6,13-14,19-21,28,36H,7-12,15-18,22-27H2,(H,47,48)(H,46,54,55)/t28-,36-/m0/s1. The van der Waals surface area contributed by atoms with E-state index < -0.39 is 16.1 Å². The van der Waals surface area contributed by atoms with Crippen molar-refractivity contribution in [1.82, 2.24) is 30.1 Å². The third kappa shape index (κ3) is 6.87. The van der Waals surface area contributed by atoms with Crippen LogP contribution in [0.15, 0.2) is 76.4 Å². The molecule has 0 bridgehead atoms. The molecule has 3 amide bonds. The van der Waals surface area contributed by atoms with Gasteiger partial charge in [0.05, 0.1) is 18.0 Å². The van der Waals surface area contributed by atoms with Crippen LogP contribution in [0.5, 0.6) is 5.75 Å². The lowest BCUT2D eigenvalue weighted by Gasteiger charge is -2.55. The lowest BCUT2D eigenvalue weighted by Crippen LogP contribution is -2.61. The number of hydrogen-bond acceptors (Lipinski definition) is 12. The van der Waals surface area contributed by atoms with Crippen LogP contribution >= 0.6 is 0 Å². The van der Waals surface area contributed by atoms with Gasteiger partial charge in [-0.15, -0.1) is 0 Å². The Bertz CT molecular complexity index is 2680. The van der Waals surface area contributed by atoms with Crippen molar-refractivity contribution in [1.29, 1.82) is 0 Å². The van der Waals surface area contributed by atoms with Crippen molar-refractivity contribution in [2.24, 2.45) is 11.3 Å². The number of rotatable bonds is 10. The van der Waals surface area contributed by atoms with Crippen LogP contribution < -0.4 is 24.6 Å². The summed E-state index contributed by atoms with van der Waals surface area (Å²) in [5.41, 5.74) is 6.32. The molecular formula is C44H47N9O7S. The van der Waals surface area contributed by atoms with E-state index in [1.54, 1.807) is 29.3 Å². The summed E-state index contributed by atoms with van der Waals surface area (Å²) in [6, 6.07) is 16.3. The maximum absolute atomic E-state index is 13.8. The molecular weight excluding hydrogens is 799 g/mol. The minimum absolute atomic E-state index is 0.116. The second-order valence-corrected chi connectivity index (χ2v) is 19.3. The van der Waals surface area contributed by atoms with Gasteiger partial charge in [0.2, 0.25) is 11.8 Å². The van der Waals surface area contributed by atoms with E-state index in [0.717, 1.165) is 93.1 Å². The number of aromatic nitrogens is 3. The third-order valence-corrected chi connectivity index (χ3v) is 15.1. The van der Waals surface area contributed by atoms with Crippen molar-refractivity contribution in [3.05, 3.63) is 89.2 Å². The predicted octanol–water partition coefficient (Wildman–Crippen LogP) is 4.00. The Kier molecular flexibility index (Phi) is 9.11. The molecule has 2 aromatic heterocycles. The lowest BCUT2D eigenvalue weighted by atomic mass is 9.71. The number of likely N-dealkylation sites (tertiary alicyclic amines) is 1. The number of nitrogens with zero attached hydrogens (tertiary/aromatic N) is 7. The van der Waals surface area contributed by atoms with E-state index in [0.29, 0.717) is 60.7 Å². The fourth-order valence-electron chi connectivity index (χ4n) is 10.6. The molecule has 0 aliphatic carbocycles. The molecule has 3 aromatic carbocycles. The van der Waals surface area contributed by atoms with Crippen LogP contribution in [0.4, 0.5) is 17.2 Å². The van der Waals surface area contributed by atoms with E-state index in [1.807, 2.05) is 41.2 Å². The molecule has 0 saturated carbocycles. The van der Waals surface area contributed by atoms with E-state index in [4.69, 9.17) is 9.26 Å². The molecule has 1 spiro atoms. The van der Waals surface area contributed by atoms with Crippen LogP contribution in [0.1, 0.15) is 59.2 Å². The van der Waals surface area contributed by atoms with Crippen LogP contribution in [0.25, 0.3) is 11.0 Å². The quantitative estimate of drug-likeness (QED) is 0.194. The molecule has 2 atom stereocenters. The summed E-state index contributed by atoms with van der Waals surface area (Å²) in [6.45, 7) is 8.29. The summed E-state index contributed by atoms with van der Waals surface area (Å²) in [4.78, 5) is 46.4. The molecule has 0 unspecified atom stereocenters. The van der Waals surface area contributed by atoms with E-state index in [2.05, 4.69) is 41.1 Å². The predicted molar refractivity (Wildman–Crippen MR) is 225 cm³/mol. The van der Waals surface area contributed by atoms with E-state index >= 15 is 0 Å². The highest BCUT2D eigenvalue weighted by Gasteiger charge is 2.46. The number of carbonyl (C=O) groups is 3. The number of anilines is 3. The van der Waals surface area contributed by atoms with E-state index in [1.165, 1.54) is 0 Å². The average molecular weight is 846 g/mol. The van der Waals surface area contributed by atoms with Gasteiger partial charge in [0, 0.05) is 100 Å². The first kappa shape index (κ1) is 38.0. The Hall–Kier alpha value is -5.94. The highest BCUT2D eigenvalue weighted by atomic mass is 32.2. The smallest absolute Gasteiger partial charge is 0.263 e. The lowest BCUT2D eigenvalue weighted by molar-refractivity contribution is -0.136. The molecule has 2 N–H and O–H groups in total. The molecule has 6 aliphatic rings. The largest absolute Gasteiger partial charge is 0.492 e. The number of piperidine rings is 2. The molecule has 6 aliphatic heterocycles. The maximum Gasteiger partial charge on any atom is 0.263 e. The normalized spacial score (nSPS) is 22.4. The first-order valence-corrected chi connectivity index (χ1v) is 22.7. The Morgan fingerprint density at radius 3 is 2.61 bits per heavy atom. The van der Waals surface area contributed by atoms with Crippen molar-refractivity contribution in [3.63, 3.8) is 0 Å². The summed E-state index contributed by atoms with van der Waals surface area (Å²) in [5, 5.41) is 11.4. The molecule has 316 valence electrons. The first-order valence-electron chi connectivity index (χ1n) is 21.3. The molecule has 17 heteroatoms. The van der Waals surface area contributed by atoms with Gasteiger partial charge in [0.1, 0.15) is 17.2 Å². The van der Waals surface area contributed by atoms with Crippen molar-refractivity contribution in [3.8, 4) is 5.75 Å². The van der Waals surface area contributed by atoms with Gasteiger partial charge >= 0.3 is 0 Å². The molecule has 61 heavy (non-hydrogen) atoms. The summed E-state index contributed by atoms with van der Waals surface area (Å²) in [7, 11) is -3.99. The van der Waals surface area contributed by atoms with Crippen LogP contribution in [-0.2, 0) is 39.1 Å². The van der Waals surface area contributed by atoms with Crippen molar-refractivity contribution < 1.29 is 32.1 Å². The van der Waals surface area contributed by atoms with Crippen LogP contribution in [0.3, 0.4) is 0 Å². The topological polar surface area (TPSA) is 175 Å². The number of nitrogens with one attached hydrogen (secondary N) is 2. The van der Waals surface area contributed by atoms with Crippen molar-refractivity contribution in [2.75, 3.05) is 66.9 Å². The van der Waals surface area contributed by atoms with Crippen LogP contribution in [-0.4, -0.2) is 109 Å². The Labute approximate surface area is 352 Å². The summed E-state index contributed by atoms with van der Waals surface area (Å²) >= 11 is 0. The number of imide groups is 1. The zero-order chi connectivity index (χ0) is 41.5. The summed E-state index contributed by atoms with van der Waals surface area (Å²) in [6.07, 6.45) is 8.15. The van der Waals surface area contributed by atoms with Crippen molar-refractivity contribution in [2.45, 2.75) is 62.6 Å². The SMILES string of the molecule is O=C1CC[C@H](N2Cc3cc(N4CC[C@@H](CN5CC6(CCN(c7cccc(S(=O)(=O)Nc8noc9cc(Cn%10cccn%10)c%10c(c89)OCC%10)c7)CC6)C5)C4)ccc3C2=O)C(=O)N1. The minimum atomic E-state index is -3.99. The van der Waals surface area contributed by atoms with E-state index in [-0.39, 0.29) is 40.3 Å². The summed E-state index contributed by atoms with van der Waals surface area (Å²) in [5.74, 6) is 0.459. The van der Waals surface area contributed by atoms with Gasteiger partial charge in [-0.05, 0) is 96.7 Å². The number of amides is 3. The van der Waals surface area contributed by atoms with Crippen molar-refractivity contribution >= 4 is 55.9 Å². The Balaban J connectivity index is 0.682. The van der Waals surface area contributed by atoms with Gasteiger partial charge in [0.15, 0.2) is 11.4 Å². The minimum Gasteiger partial charge on any atom is -0.492 e. The van der Waals surface area contributed by atoms with Gasteiger partial charge in [0.25, 0.3) is 15.9 Å². The van der Waals surface area contributed by atoms with Gasteiger partial charge in [-0.3, -0.25) is 29.1 Å². The highest BCUT2D eigenvalue weighted by molar-refractivity contribution is 7.92. The number of ether oxygens (including phenoxy) is 1. The molecule has 0 radical (unpaired) electrons. The van der Waals surface area contributed by atoms with E-state index in [9.17, 15) is 22.8 Å². The first-order chi connectivity index (χ1) is 29.6. The van der Waals surface area contributed by atoms with Crippen LogP contribution in [0, 0.1) is 11.3 Å². The summed E-state index contributed by atoms with van der Waals surface area (Å²) < 4.78 is 43.8. The fourth-order valence-corrected chi connectivity index (χ4v) is 11.6. The number of hydrogen-bond donors (Lipinski definition) is 2. The number of fused-ring (bicyclic) bond motifs is 4. The van der Waals surface area contributed by atoms with Gasteiger partial charge in [-0.1, -0.05) is 11.2 Å². The number of benzene rings is 3. The zero-order valence-corrected chi connectivity index (χ0v) is 34.5. The number of carbonyl (C=O) groups excluding carboxylic acids is 3. The highest BCUT2D eigenvalue weighted by Crippen LogP contribution is 2.44. The third-order valence-electron chi connectivity index (χ3n) is 13.7. The van der Waals surface area contributed by atoms with Gasteiger partial charge in [-0.25, -0.2) is 8.42 Å². The fraction of sp³-hybridized carbons (Fsp3) is 0.432. The second-order valence-electron chi connectivity index (χ2n) is 17.7. The molecule has 8 heterocycles. The Morgan fingerprint density at radius 2 is 1.79 bits per heavy atom. The molecule has 11 rings (SSSR count). The van der Waals surface area contributed by atoms with Gasteiger partial charge in [-0.2, -0.15) is 5.10 Å². The molecule has 5 aromatic rings. The second kappa shape index (κ2) is 14.6. The number of sulfonamides is 1. The average Bonchev–Trinajstić information content (AvgIpc) is 4.10. The molecule has 4 saturated heterocycles. The monoisotopic (exact) mass is 845 g/mol. The zero-order valence-electron chi connectivity index (χ0n) is 33.7. The molecule has 4 fully saturated rings. The maximum atomic E-state index is 13.8.